The van der Waals surface area contributed by atoms with Gasteiger partial charge in [0.15, 0.2) is 4.67 Å². The van der Waals surface area contributed by atoms with E-state index in [1.54, 1.807) is 0 Å². The predicted molar refractivity (Wildman–Crippen MR) is 82.4 cm³/mol. The van der Waals surface area contributed by atoms with Crippen LogP contribution >= 0.6 is 15.9 Å². The molecule has 0 saturated heterocycles. The van der Waals surface area contributed by atoms with Crippen molar-refractivity contribution >= 4 is 26.8 Å². The van der Waals surface area contributed by atoms with Gasteiger partial charge in [-0.1, -0.05) is 18.2 Å². The van der Waals surface area contributed by atoms with E-state index in [1.165, 1.54) is 0 Å². The highest BCUT2D eigenvalue weighted by Gasteiger charge is 2.16. The molecule has 4 nitrogen and oxygen atoms in total. The molecule has 5 heteroatoms. The maximum absolute atomic E-state index is 6.22. The van der Waals surface area contributed by atoms with Crippen molar-refractivity contribution in [3.63, 3.8) is 0 Å². The molecule has 1 atom stereocenters. The van der Waals surface area contributed by atoms with Gasteiger partial charge in [0.25, 0.3) is 0 Å². The van der Waals surface area contributed by atoms with Gasteiger partial charge in [-0.05, 0) is 41.1 Å². The van der Waals surface area contributed by atoms with Crippen molar-refractivity contribution in [2.75, 3.05) is 0 Å². The van der Waals surface area contributed by atoms with E-state index in [4.69, 9.17) is 10.2 Å². The van der Waals surface area contributed by atoms with Crippen molar-refractivity contribution < 1.29 is 4.42 Å². The quantitative estimate of drug-likeness (QED) is 0.792. The maximum Gasteiger partial charge on any atom is 0.169 e. The van der Waals surface area contributed by atoms with Crippen LogP contribution in [0.1, 0.15) is 24.4 Å². The molecule has 2 aromatic heterocycles. The van der Waals surface area contributed by atoms with Crippen LogP contribution in [-0.4, -0.2) is 9.78 Å². The number of nitrogens with two attached hydrogens (primary N) is 1. The summed E-state index contributed by atoms with van der Waals surface area (Å²) >= 11 is 3.30. The average Bonchev–Trinajstić information content (AvgIpc) is 3.03. The van der Waals surface area contributed by atoms with Crippen LogP contribution in [0.4, 0.5) is 0 Å². The van der Waals surface area contributed by atoms with Gasteiger partial charge in [0.2, 0.25) is 0 Å². The Morgan fingerprint density at radius 2 is 2.10 bits per heavy atom. The third-order valence-electron chi connectivity index (χ3n) is 3.41. The third-order valence-corrected chi connectivity index (χ3v) is 3.83. The predicted octanol–water partition coefficient (Wildman–Crippen LogP) is 3.65. The van der Waals surface area contributed by atoms with Crippen molar-refractivity contribution in [2.24, 2.45) is 5.73 Å². The molecule has 3 rings (SSSR count). The van der Waals surface area contributed by atoms with Gasteiger partial charge in [0.1, 0.15) is 5.76 Å². The molecule has 0 bridgehead atoms. The summed E-state index contributed by atoms with van der Waals surface area (Å²) in [7, 11) is 0. The molecule has 1 unspecified atom stereocenters. The first-order valence-corrected chi connectivity index (χ1v) is 7.43. The Labute approximate surface area is 125 Å². The Kier molecular flexibility index (Phi) is 3.63. The molecular weight excluding hydrogens is 318 g/mol. The summed E-state index contributed by atoms with van der Waals surface area (Å²) in [4.78, 5) is 0. The molecule has 0 fully saturated rings. The summed E-state index contributed by atoms with van der Waals surface area (Å²) in [5.74, 6) is 0.770. The Hall–Kier alpha value is -1.59. The third kappa shape index (κ3) is 2.39. The second-order valence-corrected chi connectivity index (χ2v) is 5.51. The van der Waals surface area contributed by atoms with Crippen LogP contribution in [0, 0.1) is 0 Å². The fraction of sp³-hybridized carbons (Fsp3) is 0.267. The molecule has 1 aromatic carbocycles. The van der Waals surface area contributed by atoms with E-state index in [9.17, 15) is 0 Å². The Morgan fingerprint density at radius 3 is 2.80 bits per heavy atom. The molecule has 3 aromatic rings. The lowest BCUT2D eigenvalue weighted by Gasteiger charge is -2.06. The summed E-state index contributed by atoms with van der Waals surface area (Å²) in [6.07, 6.45) is 0.660. The smallest absolute Gasteiger partial charge is 0.169 e. The molecular formula is C15H16BrN3O. The van der Waals surface area contributed by atoms with Gasteiger partial charge in [-0.3, -0.25) is 4.68 Å². The molecule has 0 aliphatic carbocycles. The minimum Gasteiger partial charge on any atom is -0.453 e. The lowest BCUT2D eigenvalue weighted by atomic mass is 10.1. The minimum absolute atomic E-state index is 0.190. The SMILES string of the molecule is CCn1nc(CC(N)c2ccc(Br)o2)c2ccccc21. The zero-order chi connectivity index (χ0) is 14.1. The van der Waals surface area contributed by atoms with E-state index in [2.05, 4.69) is 40.1 Å². The Morgan fingerprint density at radius 1 is 1.30 bits per heavy atom. The highest BCUT2D eigenvalue weighted by atomic mass is 79.9. The fourth-order valence-corrected chi connectivity index (χ4v) is 2.74. The molecule has 20 heavy (non-hydrogen) atoms. The highest BCUT2D eigenvalue weighted by molar-refractivity contribution is 9.10. The number of aryl methyl sites for hydroxylation is 1. The van der Waals surface area contributed by atoms with Crippen molar-refractivity contribution in [3.8, 4) is 0 Å². The number of benzene rings is 1. The van der Waals surface area contributed by atoms with Crippen LogP contribution in [0.2, 0.25) is 0 Å². The zero-order valence-electron chi connectivity index (χ0n) is 11.2. The monoisotopic (exact) mass is 333 g/mol. The highest BCUT2D eigenvalue weighted by Crippen LogP contribution is 2.25. The average molecular weight is 334 g/mol. The summed E-state index contributed by atoms with van der Waals surface area (Å²) in [6, 6.07) is 11.8. The first kappa shape index (κ1) is 13.4. The summed E-state index contributed by atoms with van der Waals surface area (Å²) in [5, 5.41) is 5.83. The zero-order valence-corrected chi connectivity index (χ0v) is 12.8. The molecule has 2 N–H and O–H groups in total. The second-order valence-electron chi connectivity index (χ2n) is 4.73. The Bertz CT molecular complexity index is 732. The van der Waals surface area contributed by atoms with Crippen LogP contribution in [-0.2, 0) is 13.0 Å². The van der Waals surface area contributed by atoms with E-state index < -0.39 is 0 Å². The molecule has 2 heterocycles. The van der Waals surface area contributed by atoms with Crippen LogP contribution in [0.3, 0.4) is 0 Å². The molecule has 0 aliphatic rings. The number of hydrogen-bond donors (Lipinski definition) is 1. The van der Waals surface area contributed by atoms with Gasteiger partial charge >= 0.3 is 0 Å². The molecule has 0 saturated carbocycles. The number of halogens is 1. The molecule has 0 amide bonds. The van der Waals surface area contributed by atoms with Crippen molar-refractivity contribution in [1.82, 2.24) is 9.78 Å². The van der Waals surface area contributed by atoms with Gasteiger partial charge in [-0.2, -0.15) is 5.10 Å². The van der Waals surface area contributed by atoms with Gasteiger partial charge in [-0.25, -0.2) is 0 Å². The minimum atomic E-state index is -0.190. The van der Waals surface area contributed by atoms with Crippen molar-refractivity contribution in [2.45, 2.75) is 25.9 Å². The number of furan rings is 1. The molecule has 0 radical (unpaired) electrons. The summed E-state index contributed by atoms with van der Waals surface area (Å²) in [5.41, 5.74) is 8.39. The van der Waals surface area contributed by atoms with Gasteiger partial charge in [-0.15, -0.1) is 0 Å². The first-order chi connectivity index (χ1) is 9.69. The van der Waals surface area contributed by atoms with Crippen molar-refractivity contribution in [3.05, 3.63) is 52.5 Å². The number of rotatable bonds is 4. The second kappa shape index (κ2) is 5.42. The standard InChI is InChI=1S/C15H16BrN3O/c1-2-19-13-6-4-3-5-10(13)12(18-19)9-11(17)14-7-8-15(16)20-14/h3-8,11H,2,9,17H2,1H3. The summed E-state index contributed by atoms with van der Waals surface area (Å²) < 4.78 is 8.23. The molecule has 0 aliphatic heterocycles. The van der Waals surface area contributed by atoms with E-state index in [1.807, 2.05) is 28.9 Å². The number of fused-ring (bicyclic) bond motifs is 1. The number of aromatic nitrogens is 2. The topological polar surface area (TPSA) is 57.0 Å². The van der Waals surface area contributed by atoms with Crippen molar-refractivity contribution in [1.29, 1.82) is 0 Å². The molecule has 0 spiro atoms. The van der Waals surface area contributed by atoms with Crippen LogP contribution in [0.5, 0.6) is 0 Å². The van der Waals surface area contributed by atoms with Crippen LogP contribution in [0.25, 0.3) is 10.9 Å². The lowest BCUT2D eigenvalue weighted by Crippen LogP contribution is -2.13. The number of nitrogens with zero attached hydrogens (tertiary/aromatic N) is 2. The van der Waals surface area contributed by atoms with Crippen LogP contribution in [0.15, 0.2) is 45.5 Å². The number of para-hydroxylation sites is 1. The van der Waals surface area contributed by atoms with Gasteiger partial charge < -0.3 is 10.2 Å². The van der Waals surface area contributed by atoms with E-state index in [0.717, 1.165) is 28.9 Å². The lowest BCUT2D eigenvalue weighted by molar-refractivity contribution is 0.446. The normalized spacial score (nSPS) is 12.9. The van der Waals surface area contributed by atoms with E-state index in [-0.39, 0.29) is 6.04 Å². The van der Waals surface area contributed by atoms with Gasteiger partial charge in [0.05, 0.1) is 17.3 Å². The number of hydrogen-bond acceptors (Lipinski definition) is 3. The summed E-state index contributed by atoms with van der Waals surface area (Å²) in [6.45, 7) is 2.94. The molecule has 104 valence electrons. The van der Waals surface area contributed by atoms with Gasteiger partial charge in [0, 0.05) is 18.4 Å². The Balaban J connectivity index is 1.94. The van der Waals surface area contributed by atoms with Crippen LogP contribution < -0.4 is 5.73 Å². The van der Waals surface area contributed by atoms with E-state index >= 15 is 0 Å². The maximum atomic E-state index is 6.22. The first-order valence-electron chi connectivity index (χ1n) is 6.64. The largest absolute Gasteiger partial charge is 0.453 e. The van der Waals surface area contributed by atoms with E-state index in [0.29, 0.717) is 11.1 Å². The fourth-order valence-electron chi connectivity index (χ4n) is 2.42.